The van der Waals surface area contributed by atoms with Crippen molar-refractivity contribution in [3.05, 3.63) is 0 Å². The minimum Gasteiger partial charge on any atom is -0.390 e. The van der Waals surface area contributed by atoms with Crippen molar-refractivity contribution in [2.75, 3.05) is 59.2 Å². The number of amides is 2. The molecule has 3 saturated heterocycles. The topological polar surface area (TPSA) is 140 Å². The molecule has 4 N–H and O–H groups in total. The van der Waals surface area contributed by atoms with Crippen molar-refractivity contribution in [3.8, 4) is 0 Å². The first-order valence-corrected chi connectivity index (χ1v) is 13.9. The summed E-state index contributed by atoms with van der Waals surface area (Å²) >= 11 is 0. The second-order valence-electron chi connectivity index (χ2n) is 10.3. The number of nitrogens with two attached hydrogens (primary N) is 1. The molecule has 11 nitrogen and oxygen atoms in total. The minimum atomic E-state index is -3.29. The number of carbonyl (C=O) groups excluding carboxylic acids is 2. The van der Waals surface area contributed by atoms with Crippen molar-refractivity contribution in [2.24, 2.45) is 5.73 Å². The van der Waals surface area contributed by atoms with Crippen LogP contribution >= 0.6 is 0 Å². The smallest absolute Gasteiger partial charge is 0.237 e. The van der Waals surface area contributed by atoms with E-state index < -0.39 is 21.7 Å². The molecule has 0 radical (unpaired) electrons. The number of β-amino-alcohol motifs (C(OH)–C–C–N with tert-alkyl or cyclic N) is 1. The number of nitrogens with one attached hydrogen (secondary N) is 1. The van der Waals surface area contributed by atoms with Crippen LogP contribution in [0, 0.1) is 0 Å². The van der Waals surface area contributed by atoms with Crippen molar-refractivity contribution in [1.29, 1.82) is 0 Å². The number of likely N-dealkylation sites (tertiary alicyclic amines) is 1. The van der Waals surface area contributed by atoms with Gasteiger partial charge in [-0.25, -0.2) is 12.7 Å². The molecule has 3 aliphatic heterocycles. The molecule has 4 atom stereocenters. The molecular weight excluding hydrogens is 460 g/mol. The number of rotatable bonds is 12. The van der Waals surface area contributed by atoms with Gasteiger partial charge in [-0.1, -0.05) is 0 Å². The molecule has 3 aliphatic rings. The third kappa shape index (κ3) is 6.27. The standard InChI is InChI=1S/C22H42N6O5S/c1-17(29)27(12-11-26-10-7-18(13-26)24-16-34(32,33)25(2)3)14-20(30)15-28-19-5-4-8-22(28,9-6-19)21(23)31/h18-20,24,30H,4-16H2,1-3H3,(H2,23,31)/t18?,19-,20?,22+/m1/s1. The Labute approximate surface area is 203 Å². The maximum Gasteiger partial charge on any atom is 0.237 e. The largest absolute Gasteiger partial charge is 0.390 e. The zero-order chi connectivity index (χ0) is 25.1. The van der Waals surface area contributed by atoms with Gasteiger partial charge in [-0.2, -0.15) is 0 Å². The van der Waals surface area contributed by atoms with E-state index in [2.05, 4.69) is 15.1 Å². The molecule has 0 aromatic rings. The molecule has 0 saturated carbocycles. The highest BCUT2D eigenvalue weighted by Gasteiger charge is 2.52. The Bertz CT molecular complexity index is 836. The van der Waals surface area contributed by atoms with Gasteiger partial charge in [0.05, 0.1) is 6.10 Å². The summed E-state index contributed by atoms with van der Waals surface area (Å²) < 4.78 is 25.1. The van der Waals surface area contributed by atoms with E-state index in [1.165, 1.54) is 25.3 Å². The van der Waals surface area contributed by atoms with Gasteiger partial charge in [-0.3, -0.25) is 24.7 Å². The Morgan fingerprint density at radius 2 is 1.97 bits per heavy atom. The van der Waals surface area contributed by atoms with Crippen molar-refractivity contribution >= 4 is 21.8 Å². The van der Waals surface area contributed by atoms with Crippen LogP contribution in [0.4, 0.5) is 0 Å². The molecule has 196 valence electrons. The summed E-state index contributed by atoms with van der Waals surface area (Å²) in [7, 11) is -0.248. The summed E-state index contributed by atoms with van der Waals surface area (Å²) in [5.41, 5.74) is 5.12. The third-order valence-corrected chi connectivity index (χ3v) is 9.47. The average molecular weight is 503 g/mol. The fraction of sp³-hybridized carbons (Fsp3) is 0.909. The number of hydrogen-bond donors (Lipinski definition) is 3. The summed E-state index contributed by atoms with van der Waals surface area (Å²) in [6.45, 7) is 4.74. The highest BCUT2D eigenvalue weighted by Crippen LogP contribution is 2.43. The summed E-state index contributed by atoms with van der Waals surface area (Å²) in [6.07, 6.45) is 4.48. The molecule has 0 aromatic heterocycles. The lowest BCUT2D eigenvalue weighted by atomic mass is 9.87. The van der Waals surface area contributed by atoms with Crippen LogP contribution in [0.2, 0.25) is 0 Å². The van der Waals surface area contributed by atoms with Crippen molar-refractivity contribution in [3.63, 3.8) is 0 Å². The van der Waals surface area contributed by atoms with E-state index in [4.69, 9.17) is 5.73 Å². The predicted molar refractivity (Wildman–Crippen MR) is 129 cm³/mol. The van der Waals surface area contributed by atoms with Gasteiger partial charge in [0.15, 0.2) is 0 Å². The molecule has 34 heavy (non-hydrogen) atoms. The first kappa shape index (κ1) is 27.3. The molecule has 0 spiro atoms. The summed E-state index contributed by atoms with van der Waals surface area (Å²) in [5.74, 6) is -0.494. The van der Waals surface area contributed by atoms with Gasteiger partial charge in [-0.05, 0) is 45.1 Å². The summed E-state index contributed by atoms with van der Waals surface area (Å²) in [5, 5.41) is 13.9. The molecule has 3 heterocycles. The molecule has 0 aromatic carbocycles. The second-order valence-corrected chi connectivity index (χ2v) is 12.5. The van der Waals surface area contributed by atoms with Gasteiger partial charge >= 0.3 is 0 Å². The van der Waals surface area contributed by atoms with Crippen molar-refractivity contribution in [1.82, 2.24) is 24.3 Å². The molecule has 2 amide bonds. The highest BCUT2D eigenvalue weighted by molar-refractivity contribution is 7.89. The predicted octanol–water partition coefficient (Wildman–Crippen LogP) is -1.42. The van der Waals surface area contributed by atoms with Crippen LogP contribution in [-0.2, 0) is 19.6 Å². The maximum atomic E-state index is 12.3. The Kier molecular flexibility index (Phi) is 8.96. The first-order valence-electron chi connectivity index (χ1n) is 12.3. The van der Waals surface area contributed by atoms with Gasteiger partial charge in [0, 0.05) is 65.8 Å². The fourth-order valence-electron chi connectivity index (χ4n) is 5.70. The Hall–Kier alpha value is -1.31. The lowest BCUT2D eigenvalue weighted by molar-refractivity contribution is -0.135. The fourth-order valence-corrected chi connectivity index (χ4v) is 6.40. The van der Waals surface area contributed by atoms with E-state index in [9.17, 15) is 23.1 Å². The van der Waals surface area contributed by atoms with Crippen LogP contribution in [0.1, 0.15) is 45.4 Å². The molecular formula is C22H42N6O5S. The maximum absolute atomic E-state index is 12.3. The zero-order valence-electron chi connectivity index (χ0n) is 20.8. The van der Waals surface area contributed by atoms with Crippen LogP contribution in [0.5, 0.6) is 0 Å². The quantitative estimate of drug-likeness (QED) is 0.296. The minimum absolute atomic E-state index is 0.0886. The number of sulfonamides is 1. The highest BCUT2D eigenvalue weighted by atomic mass is 32.2. The Morgan fingerprint density at radius 1 is 1.24 bits per heavy atom. The van der Waals surface area contributed by atoms with Crippen molar-refractivity contribution in [2.45, 2.75) is 69.2 Å². The van der Waals surface area contributed by atoms with Crippen LogP contribution in [0.15, 0.2) is 0 Å². The average Bonchev–Trinajstić information content (AvgIpc) is 3.28. The molecule has 3 fully saturated rings. The van der Waals surface area contributed by atoms with E-state index in [0.717, 1.165) is 45.1 Å². The van der Waals surface area contributed by atoms with E-state index >= 15 is 0 Å². The summed E-state index contributed by atoms with van der Waals surface area (Å²) in [6, 6.07) is 0.359. The monoisotopic (exact) mass is 502 g/mol. The van der Waals surface area contributed by atoms with Gasteiger partial charge in [0.25, 0.3) is 0 Å². The summed E-state index contributed by atoms with van der Waals surface area (Å²) in [4.78, 5) is 30.5. The van der Waals surface area contributed by atoms with Gasteiger partial charge < -0.3 is 15.7 Å². The molecule has 0 aliphatic carbocycles. The third-order valence-electron chi connectivity index (χ3n) is 7.82. The number of piperidine rings is 1. The van der Waals surface area contributed by atoms with Crippen LogP contribution in [0.3, 0.4) is 0 Å². The van der Waals surface area contributed by atoms with Gasteiger partial charge in [0.1, 0.15) is 11.4 Å². The van der Waals surface area contributed by atoms with E-state index in [1.54, 1.807) is 4.90 Å². The van der Waals surface area contributed by atoms with Gasteiger partial charge in [0.2, 0.25) is 21.8 Å². The normalized spacial score (nSPS) is 29.0. The van der Waals surface area contributed by atoms with E-state index in [0.29, 0.717) is 26.2 Å². The van der Waals surface area contributed by atoms with E-state index in [1.807, 2.05) is 0 Å². The Balaban J connectivity index is 1.47. The molecule has 2 unspecified atom stereocenters. The number of primary amides is 1. The van der Waals surface area contributed by atoms with Crippen LogP contribution in [0.25, 0.3) is 0 Å². The van der Waals surface area contributed by atoms with Crippen LogP contribution in [-0.4, -0.2) is 127 Å². The zero-order valence-corrected chi connectivity index (χ0v) is 21.6. The van der Waals surface area contributed by atoms with Crippen LogP contribution < -0.4 is 11.1 Å². The number of aliphatic hydroxyl groups is 1. The lowest BCUT2D eigenvalue weighted by Gasteiger charge is -2.44. The molecule has 12 heteroatoms. The number of fused-ring (bicyclic) bond motifs is 2. The van der Waals surface area contributed by atoms with Gasteiger partial charge in [-0.15, -0.1) is 0 Å². The van der Waals surface area contributed by atoms with E-state index in [-0.39, 0.29) is 36.3 Å². The first-order chi connectivity index (χ1) is 15.9. The van der Waals surface area contributed by atoms with Crippen molar-refractivity contribution < 1.29 is 23.1 Å². The lowest BCUT2D eigenvalue weighted by Crippen LogP contribution is -2.60. The molecule has 3 rings (SSSR count). The number of nitrogens with zero attached hydrogens (tertiary/aromatic N) is 4. The SMILES string of the molecule is CC(=O)N(CCN1CCC(NCS(=O)(=O)N(C)C)C1)CC(O)CN1[C@@H]2CCC[C@@]1(C(N)=O)CC2. The number of hydrogen-bond acceptors (Lipinski definition) is 8. The molecule has 2 bridgehead atoms. The second kappa shape index (κ2) is 11.2. The Morgan fingerprint density at radius 3 is 2.62 bits per heavy atom. The number of carbonyl (C=O) groups is 2. The number of aliphatic hydroxyl groups excluding tert-OH is 1.